The lowest BCUT2D eigenvalue weighted by Crippen LogP contribution is -2.37. The van der Waals surface area contributed by atoms with Crippen LogP contribution in [0, 0.1) is 0 Å². The van der Waals surface area contributed by atoms with Crippen molar-refractivity contribution in [2.45, 2.75) is 38.4 Å². The van der Waals surface area contributed by atoms with Gasteiger partial charge in [-0.15, -0.1) is 10.2 Å². The quantitative estimate of drug-likeness (QED) is 0.367. The Kier molecular flexibility index (Phi) is 7.18. The maximum atomic E-state index is 13.1. The molecule has 36 heavy (non-hydrogen) atoms. The first kappa shape index (κ1) is 25.8. The molecule has 4 aromatic rings. The summed E-state index contributed by atoms with van der Waals surface area (Å²) < 4.78 is 42.0. The van der Waals surface area contributed by atoms with E-state index in [1.54, 1.807) is 6.07 Å². The third kappa shape index (κ3) is 5.28. The monoisotopic (exact) mass is 543 g/mol. The maximum Gasteiger partial charge on any atom is 0.416 e. The van der Waals surface area contributed by atoms with Crippen LogP contribution in [0.2, 0.25) is 10.0 Å². The van der Waals surface area contributed by atoms with Crippen LogP contribution in [-0.2, 0) is 13.1 Å². The van der Waals surface area contributed by atoms with Gasteiger partial charge >= 0.3 is 11.9 Å². The number of aromatic nitrogens is 7. The molecule has 15 heteroatoms. The molecule has 0 aliphatic rings. The lowest BCUT2D eigenvalue weighted by molar-refractivity contribution is -0.207. The van der Waals surface area contributed by atoms with Crippen molar-refractivity contribution in [2.75, 3.05) is 0 Å². The van der Waals surface area contributed by atoms with Gasteiger partial charge in [0.05, 0.1) is 17.3 Å². The first-order chi connectivity index (χ1) is 17.0. The van der Waals surface area contributed by atoms with E-state index in [2.05, 4.69) is 20.2 Å². The predicted molar refractivity (Wildman–Crippen MR) is 123 cm³/mol. The standard InChI is InChI=1S/C21H18Cl2F3N7O3/c1-11(34)18-28-17(29-33(18)15-6-7-27-8-14(15)23)10-32-20(36)31(9-16(35)21(24,25)26)19(30-32)12-2-4-13(22)5-3-12/h2-8,11,16,34-35H,9-10H2,1H3/t11-,16-/m0/s1. The minimum Gasteiger partial charge on any atom is -0.385 e. The van der Waals surface area contributed by atoms with E-state index in [4.69, 9.17) is 23.2 Å². The molecule has 0 aliphatic carbocycles. The van der Waals surface area contributed by atoms with Crippen molar-refractivity contribution in [2.24, 2.45) is 0 Å². The fourth-order valence-electron chi connectivity index (χ4n) is 3.35. The number of aliphatic hydroxyl groups excluding tert-OH is 2. The first-order valence-electron chi connectivity index (χ1n) is 10.4. The van der Waals surface area contributed by atoms with Crippen LogP contribution in [0.4, 0.5) is 13.2 Å². The van der Waals surface area contributed by atoms with Gasteiger partial charge in [0.1, 0.15) is 12.6 Å². The van der Waals surface area contributed by atoms with Crippen LogP contribution in [0.1, 0.15) is 24.7 Å². The van der Waals surface area contributed by atoms with Gasteiger partial charge in [0.25, 0.3) is 0 Å². The van der Waals surface area contributed by atoms with E-state index in [9.17, 15) is 28.2 Å². The van der Waals surface area contributed by atoms with Crippen molar-refractivity contribution in [3.05, 3.63) is 74.9 Å². The van der Waals surface area contributed by atoms with E-state index in [1.165, 1.54) is 48.3 Å². The number of halogens is 5. The van der Waals surface area contributed by atoms with E-state index in [-0.39, 0.29) is 29.0 Å². The Bertz CT molecular complexity index is 1430. The molecular formula is C21H18Cl2F3N7O3. The van der Waals surface area contributed by atoms with Crippen LogP contribution in [-0.4, -0.2) is 56.6 Å². The molecule has 0 aliphatic heterocycles. The molecule has 3 aromatic heterocycles. The fraction of sp³-hybridized carbons (Fsp3) is 0.286. The molecule has 0 radical (unpaired) electrons. The lowest BCUT2D eigenvalue weighted by Gasteiger charge is -2.15. The third-order valence-electron chi connectivity index (χ3n) is 5.08. The van der Waals surface area contributed by atoms with Crippen molar-refractivity contribution in [3.63, 3.8) is 0 Å². The molecule has 0 amide bonds. The number of nitrogens with zero attached hydrogens (tertiary/aromatic N) is 7. The number of benzene rings is 1. The van der Waals surface area contributed by atoms with Gasteiger partial charge in [-0.3, -0.25) is 9.55 Å². The van der Waals surface area contributed by atoms with Gasteiger partial charge in [0.15, 0.2) is 23.6 Å². The van der Waals surface area contributed by atoms with Crippen molar-refractivity contribution in [3.8, 4) is 17.1 Å². The SMILES string of the molecule is C[C@H](O)c1nc(Cn2nc(-c3ccc(Cl)cc3)n(C[C@H](O)C(F)(F)F)c2=O)nn1-c1ccncc1Cl. The average Bonchev–Trinajstić information content (AvgIpc) is 3.36. The summed E-state index contributed by atoms with van der Waals surface area (Å²) in [5.41, 5.74) is -0.258. The molecule has 0 saturated heterocycles. The predicted octanol–water partition coefficient (Wildman–Crippen LogP) is 3.02. The van der Waals surface area contributed by atoms with Gasteiger partial charge < -0.3 is 10.2 Å². The Morgan fingerprint density at radius 2 is 1.78 bits per heavy atom. The molecule has 1 aromatic carbocycles. The summed E-state index contributed by atoms with van der Waals surface area (Å²) in [6.45, 7) is 0.0368. The van der Waals surface area contributed by atoms with Gasteiger partial charge in [0.2, 0.25) is 0 Å². The first-order valence-corrected chi connectivity index (χ1v) is 11.1. The van der Waals surface area contributed by atoms with E-state index in [1.807, 2.05) is 0 Å². The summed E-state index contributed by atoms with van der Waals surface area (Å²) in [5.74, 6) is 0.0212. The molecule has 0 saturated carbocycles. The molecule has 0 fully saturated rings. The molecule has 2 N–H and O–H groups in total. The van der Waals surface area contributed by atoms with Crippen LogP contribution in [0.15, 0.2) is 47.5 Å². The number of alkyl halides is 3. The highest BCUT2D eigenvalue weighted by Gasteiger charge is 2.39. The summed E-state index contributed by atoms with van der Waals surface area (Å²) in [7, 11) is 0. The van der Waals surface area contributed by atoms with E-state index in [0.717, 1.165) is 4.68 Å². The number of aliphatic hydroxyl groups is 2. The van der Waals surface area contributed by atoms with Gasteiger partial charge in [-0.1, -0.05) is 23.2 Å². The molecule has 0 bridgehead atoms. The maximum absolute atomic E-state index is 13.1. The van der Waals surface area contributed by atoms with E-state index in [0.29, 0.717) is 20.8 Å². The largest absolute Gasteiger partial charge is 0.416 e. The Balaban J connectivity index is 1.78. The lowest BCUT2D eigenvalue weighted by atomic mass is 10.2. The third-order valence-corrected chi connectivity index (χ3v) is 5.62. The van der Waals surface area contributed by atoms with E-state index < -0.39 is 30.6 Å². The molecule has 0 unspecified atom stereocenters. The number of hydrogen-bond acceptors (Lipinski definition) is 7. The van der Waals surface area contributed by atoms with Gasteiger partial charge in [-0.2, -0.15) is 13.2 Å². The summed E-state index contributed by atoms with van der Waals surface area (Å²) in [6, 6.07) is 7.48. The number of hydrogen-bond donors (Lipinski definition) is 2. The molecule has 2 atom stereocenters. The molecule has 4 rings (SSSR count). The molecule has 3 heterocycles. The zero-order chi connectivity index (χ0) is 26.2. The van der Waals surface area contributed by atoms with Crippen molar-refractivity contribution < 1.29 is 23.4 Å². The minimum absolute atomic E-state index is 0.0320. The Morgan fingerprint density at radius 1 is 1.08 bits per heavy atom. The average molecular weight is 544 g/mol. The summed E-state index contributed by atoms with van der Waals surface area (Å²) in [5, 5.41) is 28.9. The Hall–Kier alpha value is -3.26. The Labute approximate surface area is 211 Å². The van der Waals surface area contributed by atoms with Crippen LogP contribution >= 0.6 is 23.2 Å². The Morgan fingerprint density at radius 3 is 2.39 bits per heavy atom. The van der Waals surface area contributed by atoms with Crippen LogP contribution < -0.4 is 5.69 Å². The molecule has 190 valence electrons. The second-order valence-electron chi connectivity index (χ2n) is 7.74. The summed E-state index contributed by atoms with van der Waals surface area (Å²) in [6.07, 6.45) is -5.98. The summed E-state index contributed by atoms with van der Waals surface area (Å²) >= 11 is 12.1. The zero-order valence-corrected chi connectivity index (χ0v) is 19.9. The second kappa shape index (κ2) is 10.0. The van der Waals surface area contributed by atoms with Crippen LogP contribution in [0.25, 0.3) is 17.1 Å². The zero-order valence-electron chi connectivity index (χ0n) is 18.4. The topological polar surface area (TPSA) is 124 Å². The fourth-order valence-corrected chi connectivity index (χ4v) is 3.68. The van der Waals surface area contributed by atoms with Gasteiger partial charge in [-0.05, 0) is 37.3 Å². The summed E-state index contributed by atoms with van der Waals surface area (Å²) in [4.78, 5) is 21.2. The molecule has 10 nitrogen and oxygen atoms in total. The van der Waals surface area contributed by atoms with Gasteiger partial charge in [0, 0.05) is 23.0 Å². The second-order valence-corrected chi connectivity index (χ2v) is 8.58. The highest BCUT2D eigenvalue weighted by molar-refractivity contribution is 6.32. The normalized spacial score (nSPS) is 13.7. The van der Waals surface area contributed by atoms with Crippen molar-refractivity contribution in [1.82, 2.24) is 34.1 Å². The van der Waals surface area contributed by atoms with Gasteiger partial charge in [-0.25, -0.2) is 19.1 Å². The highest BCUT2D eigenvalue weighted by atomic mass is 35.5. The van der Waals surface area contributed by atoms with Crippen LogP contribution in [0.3, 0.4) is 0 Å². The molecular weight excluding hydrogens is 526 g/mol. The smallest absolute Gasteiger partial charge is 0.385 e. The van der Waals surface area contributed by atoms with Crippen LogP contribution in [0.5, 0.6) is 0 Å². The minimum atomic E-state index is -4.95. The van der Waals surface area contributed by atoms with E-state index >= 15 is 0 Å². The number of pyridine rings is 1. The highest BCUT2D eigenvalue weighted by Crippen LogP contribution is 2.25. The number of rotatable bonds is 7. The van der Waals surface area contributed by atoms with Crippen molar-refractivity contribution in [1.29, 1.82) is 0 Å². The van der Waals surface area contributed by atoms with Crippen molar-refractivity contribution >= 4 is 23.2 Å². The molecule has 0 spiro atoms.